The second-order valence-electron chi connectivity index (χ2n) is 6.97. The first-order chi connectivity index (χ1) is 14.5. The van der Waals surface area contributed by atoms with Crippen LogP contribution >= 0.6 is 11.6 Å². The van der Waals surface area contributed by atoms with Gasteiger partial charge in [-0.05, 0) is 42.8 Å². The first kappa shape index (κ1) is 25.4. The van der Waals surface area contributed by atoms with Gasteiger partial charge in [0, 0.05) is 17.0 Å². The maximum atomic E-state index is 14.0. The average molecular weight is 473 g/mol. The number of alkyl halides is 3. The molecule has 32 heavy (non-hydrogen) atoms. The van der Waals surface area contributed by atoms with Crippen molar-refractivity contribution >= 4 is 34.0 Å². The highest BCUT2D eigenvalue weighted by molar-refractivity contribution is 6.35. The Morgan fingerprint density at radius 2 is 1.88 bits per heavy atom. The molecule has 0 radical (unpaired) electrons. The molecule has 0 unspecified atom stereocenters. The predicted molar refractivity (Wildman–Crippen MR) is 115 cm³/mol. The minimum Gasteiger partial charge on any atom is -0.394 e. The molecule has 0 aliphatic carbocycles. The fraction of sp³-hybridized carbons (Fsp3) is 0.273. The van der Waals surface area contributed by atoms with E-state index in [0.717, 1.165) is 6.07 Å². The van der Waals surface area contributed by atoms with Gasteiger partial charge in [0.25, 0.3) is 5.56 Å². The maximum Gasteiger partial charge on any atom is 0.416 e. The molecule has 1 aromatic heterocycles. The molecule has 5 nitrogen and oxygen atoms in total. The SMILES string of the molecule is C.C[C@H](CO)n1ccc2c(NC(=O)Cc3ccc(C(F)(F)F)cc3F)c(Cl)ccc2c1=O. The molecular formula is C22H21ClF4N2O3. The van der Waals surface area contributed by atoms with Crippen LogP contribution in [0.15, 0.2) is 47.4 Å². The van der Waals surface area contributed by atoms with Gasteiger partial charge in [0.05, 0.1) is 35.3 Å². The second-order valence-corrected chi connectivity index (χ2v) is 7.38. The third kappa shape index (κ3) is 5.11. The van der Waals surface area contributed by atoms with Gasteiger partial charge in [-0.3, -0.25) is 9.59 Å². The fourth-order valence-corrected chi connectivity index (χ4v) is 3.31. The number of amides is 1. The summed E-state index contributed by atoms with van der Waals surface area (Å²) in [5.74, 6) is -1.88. The summed E-state index contributed by atoms with van der Waals surface area (Å²) < 4.78 is 53.4. The van der Waals surface area contributed by atoms with Crippen LogP contribution in [0.5, 0.6) is 0 Å². The van der Waals surface area contributed by atoms with Crippen molar-refractivity contribution in [2.75, 3.05) is 11.9 Å². The number of hydrogen-bond acceptors (Lipinski definition) is 3. The smallest absolute Gasteiger partial charge is 0.394 e. The van der Waals surface area contributed by atoms with Crippen molar-refractivity contribution in [3.63, 3.8) is 0 Å². The Hall–Kier alpha value is -2.91. The van der Waals surface area contributed by atoms with Crippen LogP contribution in [0.3, 0.4) is 0 Å². The third-order valence-electron chi connectivity index (χ3n) is 4.80. The summed E-state index contributed by atoms with van der Waals surface area (Å²) in [5.41, 5.74) is -1.65. The molecule has 1 heterocycles. The van der Waals surface area contributed by atoms with Crippen molar-refractivity contribution in [2.24, 2.45) is 0 Å². The van der Waals surface area contributed by atoms with Gasteiger partial charge in [-0.2, -0.15) is 13.2 Å². The molecule has 0 spiro atoms. The number of benzene rings is 2. The lowest BCUT2D eigenvalue weighted by molar-refractivity contribution is -0.137. The number of aliphatic hydroxyl groups excluding tert-OH is 1. The van der Waals surface area contributed by atoms with Crippen molar-refractivity contribution < 1.29 is 27.5 Å². The van der Waals surface area contributed by atoms with Gasteiger partial charge < -0.3 is 15.0 Å². The Morgan fingerprint density at radius 1 is 1.19 bits per heavy atom. The molecular weight excluding hydrogens is 452 g/mol. The summed E-state index contributed by atoms with van der Waals surface area (Å²) in [6, 6.07) is 5.90. The Labute approximate surface area is 186 Å². The van der Waals surface area contributed by atoms with E-state index in [1.807, 2.05) is 0 Å². The van der Waals surface area contributed by atoms with E-state index in [1.54, 1.807) is 13.0 Å². The number of fused-ring (bicyclic) bond motifs is 1. The molecule has 3 aromatic rings. The van der Waals surface area contributed by atoms with Gasteiger partial charge in [0.15, 0.2) is 0 Å². The van der Waals surface area contributed by atoms with E-state index in [2.05, 4.69) is 5.32 Å². The topological polar surface area (TPSA) is 71.3 Å². The number of pyridine rings is 1. The van der Waals surface area contributed by atoms with Crippen LogP contribution in [-0.2, 0) is 17.4 Å². The molecule has 3 rings (SSSR count). The number of aliphatic hydroxyl groups is 1. The zero-order valence-corrected chi connectivity index (χ0v) is 16.9. The van der Waals surface area contributed by atoms with Crippen molar-refractivity contribution in [1.82, 2.24) is 4.57 Å². The van der Waals surface area contributed by atoms with Crippen LogP contribution < -0.4 is 10.9 Å². The molecule has 2 N–H and O–H groups in total. The van der Waals surface area contributed by atoms with E-state index in [-0.39, 0.29) is 35.7 Å². The van der Waals surface area contributed by atoms with Gasteiger partial charge in [-0.25, -0.2) is 4.39 Å². The number of carbonyl (C=O) groups excluding carboxylic acids is 1. The number of nitrogens with one attached hydrogen (secondary N) is 1. The monoisotopic (exact) mass is 472 g/mol. The van der Waals surface area contributed by atoms with Crippen LogP contribution in [0, 0.1) is 5.82 Å². The third-order valence-corrected chi connectivity index (χ3v) is 5.11. The molecule has 0 saturated carbocycles. The van der Waals surface area contributed by atoms with E-state index < -0.39 is 41.5 Å². The quantitative estimate of drug-likeness (QED) is 0.502. The summed E-state index contributed by atoms with van der Waals surface area (Å²) in [6.45, 7) is 1.41. The molecule has 0 aliphatic heterocycles. The Balaban J connectivity index is 0.00000363. The molecule has 1 atom stereocenters. The molecule has 0 saturated heterocycles. The van der Waals surface area contributed by atoms with Crippen LogP contribution in [0.25, 0.3) is 10.8 Å². The summed E-state index contributed by atoms with van der Waals surface area (Å²) in [5, 5.41) is 12.5. The van der Waals surface area contributed by atoms with Crippen molar-refractivity contribution in [3.05, 3.63) is 74.9 Å². The van der Waals surface area contributed by atoms with Crippen molar-refractivity contribution in [2.45, 2.75) is 33.0 Å². The average Bonchev–Trinajstić information content (AvgIpc) is 2.70. The first-order valence-corrected chi connectivity index (χ1v) is 9.50. The summed E-state index contributed by atoms with van der Waals surface area (Å²) in [4.78, 5) is 25.1. The zero-order valence-electron chi connectivity index (χ0n) is 16.1. The lowest BCUT2D eigenvalue weighted by atomic mass is 10.1. The molecule has 0 fully saturated rings. The highest BCUT2D eigenvalue weighted by Crippen LogP contribution is 2.32. The van der Waals surface area contributed by atoms with Gasteiger partial charge in [-0.15, -0.1) is 0 Å². The van der Waals surface area contributed by atoms with Crippen molar-refractivity contribution in [3.8, 4) is 0 Å². The predicted octanol–water partition coefficient (Wildman–Crippen LogP) is 5.18. The molecule has 2 aromatic carbocycles. The van der Waals surface area contributed by atoms with Crippen LogP contribution in [-0.4, -0.2) is 22.2 Å². The van der Waals surface area contributed by atoms with Crippen molar-refractivity contribution in [1.29, 1.82) is 0 Å². The minimum absolute atomic E-state index is 0. The molecule has 10 heteroatoms. The summed E-state index contributed by atoms with van der Waals surface area (Å²) in [7, 11) is 0. The normalized spacial score (nSPS) is 12.3. The fourth-order valence-electron chi connectivity index (χ4n) is 3.10. The number of halogens is 5. The molecule has 0 aliphatic rings. The van der Waals surface area contributed by atoms with E-state index >= 15 is 0 Å². The number of carbonyl (C=O) groups is 1. The van der Waals surface area contributed by atoms with E-state index in [9.17, 15) is 32.3 Å². The van der Waals surface area contributed by atoms with Crippen LogP contribution in [0.1, 0.15) is 31.5 Å². The Morgan fingerprint density at radius 3 is 2.47 bits per heavy atom. The number of rotatable bonds is 5. The lowest BCUT2D eigenvalue weighted by Crippen LogP contribution is -2.25. The molecule has 0 bridgehead atoms. The van der Waals surface area contributed by atoms with Gasteiger partial charge in [0.2, 0.25) is 5.91 Å². The molecule has 1 amide bonds. The zero-order chi connectivity index (χ0) is 22.9. The summed E-state index contributed by atoms with van der Waals surface area (Å²) in [6.07, 6.45) is -3.78. The number of hydrogen-bond donors (Lipinski definition) is 2. The van der Waals surface area contributed by atoms with Crippen LogP contribution in [0.4, 0.5) is 23.2 Å². The number of aromatic nitrogens is 1. The van der Waals surface area contributed by atoms with Gasteiger partial charge in [-0.1, -0.05) is 25.1 Å². The van der Waals surface area contributed by atoms with E-state index in [1.165, 1.54) is 22.9 Å². The van der Waals surface area contributed by atoms with Gasteiger partial charge >= 0.3 is 6.18 Å². The minimum atomic E-state index is -4.70. The van der Waals surface area contributed by atoms with E-state index in [4.69, 9.17) is 11.6 Å². The number of anilines is 1. The summed E-state index contributed by atoms with van der Waals surface area (Å²) >= 11 is 6.17. The van der Waals surface area contributed by atoms with Gasteiger partial charge in [0.1, 0.15) is 5.82 Å². The Bertz CT molecular complexity index is 1210. The van der Waals surface area contributed by atoms with E-state index in [0.29, 0.717) is 17.5 Å². The largest absolute Gasteiger partial charge is 0.416 e. The number of nitrogens with zero attached hydrogens (tertiary/aromatic N) is 1. The highest BCUT2D eigenvalue weighted by atomic mass is 35.5. The second kappa shape index (κ2) is 9.70. The first-order valence-electron chi connectivity index (χ1n) is 9.12. The standard InChI is InChI=1S/C21H17ClF4N2O3.CH4/c1-11(10-29)28-7-6-14-15(20(28)31)4-5-16(22)19(14)27-18(30)8-12-2-3-13(9-17(12)23)21(24,25)26;/h2-7,9,11,29H,8,10H2,1H3,(H,27,30);1H4/t11-;/m1./s1. The van der Waals surface area contributed by atoms with Crippen LogP contribution in [0.2, 0.25) is 5.02 Å². The Kier molecular flexibility index (Phi) is 7.69. The lowest BCUT2D eigenvalue weighted by Gasteiger charge is -2.16. The maximum absolute atomic E-state index is 14.0. The highest BCUT2D eigenvalue weighted by Gasteiger charge is 2.31. The molecule has 172 valence electrons.